The molecule has 0 radical (unpaired) electrons. The van der Waals surface area contributed by atoms with Gasteiger partial charge in [-0.05, 0) is 28.8 Å². The van der Waals surface area contributed by atoms with Crippen LogP contribution < -0.4 is 5.32 Å². The molecule has 0 aromatic heterocycles. The van der Waals surface area contributed by atoms with Gasteiger partial charge < -0.3 is 5.32 Å². The maximum Gasteiger partial charge on any atom is 0.0294 e. The van der Waals surface area contributed by atoms with E-state index in [9.17, 15) is 0 Å². The fourth-order valence-corrected chi connectivity index (χ4v) is 2.69. The Labute approximate surface area is 132 Å². The minimum Gasteiger partial charge on any atom is -0.307 e. The highest BCUT2D eigenvalue weighted by Crippen LogP contribution is 2.19. The Bertz CT molecular complexity index is 754. The average Bonchev–Trinajstić information content (AvgIpc) is 2.59. The van der Waals surface area contributed by atoms with Gasteiger partial charge in [0.15, 0.2) is 0 Å². The number of hydrogen-bond donors (Lipinski definition) is 1. The van der Waals surface area contributed by atoms with E-state index in [1.54, 1.807) is 0 Å². The third kappa shape index (κ3) is 3.44. The number of fused-ring (bicyclic) bond motifs is 1. The van der Waals surface area contributed by atoms with Crippen molar-refractivity contribution in [3.63, 3.8) is 0 Å². The van der Waals surface area contributed by atoms with Crippen molar-refractivity contribution in [2.75, 3.05) is 6.54 Å². The summed E-state index contributed by atoms with van der Waals surface area (Å²) >= 11 is 0. The van der Waals surface area contributed by atoms with Crippen LogP contribution in [0, 0.1) is 0 Å². The van der Waals surface area contributed by atoms with Crippen molar-refractivity contribution in [2.45, 2.75) is 13.0 Å². The second-order valence-electron chi connectivity index (χ2n) is 5.51. The lowest BCUT2D eigenvalue weighted by Gasteiger charge is -2.12. The van der Waals surface area contributed by atoms with E-state index in [0.29, 0.717) is 6.04 Å². The maximum absolute atomic E-state index is 3.53. The number of benzene rings is 3. The molecule has 0 saturated carbocycles. The van der Waals surface area contributed by atoms with Gasteiger partial charge in [0, 0.05) is 12.6 Å². The standard InChI is InChI=1S/C21H21N/c1-17(18-9-3-2-4-10-18)22-16-8-14-20-13-7-12-19-11-5-6-15-21(19)20/h2-15,17,22H,16H2,1H3/t17-/m1/s1. The molecule has 1 N–H and O–H groups in total. The number of rotatable bonds is 5. The first-order chi connectivity index (χ1) is 10.8. The Morgan fingerprint density at radius 3 is 2.45 bits per heavy atom. The van der Waals surface area contributed by atoms with Crippen molar-refractivity contribution in [3.8, 4) is 0 Å². The van der Waals surface area contributed by atoms with Crippen LogP contribution >= 0.6 is 0 Å². The first kappa shape index (κ1) is 14.6. The summed E-state index contributed by atoms with van der Waals surface area (Å²) in [4.78, 5) is 0. The monoisotopic (exact) mass is 287 g/mol. The normalized spacial score (nSPS) is 12.8. The Morgan fingerprint density at radius 1 is 0.864 bits per heavy atom. The molecule has 0 aliphatic heterocycles. The van der Waals surface area contributed by atoms with Crippen LogP contribution in [-0.4, -0.2) is 6.54 Å². The van der Waals surface area contributed by atoms with Crippen LogP contribution in [0.5, 0.6) is 0 Å². The van der Waals surface area contributed by atoms with Crippen LogP contribution in [0.2, 0.25) is 0 Å². The van der Waals surface area contributed by atoms with Gasteiger partial charge in [-0.2, -0.15) is 0 Å². The number of nitrogens with one attached hydrogen (secondary N) is 1. The minimum absolute atomic E-state index is 0.360. The van der Waals surface area contributed by atoms with E-state index < -0.39 is 0 Å². The molecule has 22 heavy (non-hydrogen) atoms. The Hall–Kier alpha value is -2.38. The zero-order valence-electron chi connectivity index (χ0n) is 12.9. The molecule has 0 aliphatic carbocycles. The molecular formula is C21H21N. The average molecular weight is 287 g/mol. The lowest BCUT2D eigenvalue weighted by Crippen LogP contribution is -2.18. The fourth-order valence-electron chi connectivity index (χ4n) is 2.69. The molecule has 0 fully saturated rings. The molecule has 110 valence electrons. The van der Waals surface area contributed by atoms with Gasteiger partial charge in [-0.15, -0.1) is 0 Å². The van der Waals surface area contributed by atoms with Gasteiger partial charge in [-0.1, -0.05) is 84.9 Å². The van der Waals surface area contributed by atoms with Crippen molar-refractivity contribution >= 4 is 16.8 Å². The van der Waals surface area contributed by atoms with Gasteiger partial charge in [-0.3, -0.25) is 0 Å². The molecule has 0 amide bonds. The molecule has 0 spiro atoms. The van der Waals surface area contributed by atoms with E-state index >= 15 is 0 Å². The summed E-state index contributed by atoms with van der Waals surface area (Å²) in [6.07, 6.45) is 4.40. The van der Waals surface area contributed by atoms with Crippen LogP contribution in [-0.2, 0) is 0 Å². The number of hydrogen-bond acceptors (Lipinski definition) is 1. The summed E-state index contributed by atoms with van der Waals surface area (Å²) in [6, 6.07) is 25.8. The molecule has 1 heteroatoms. The highest BCUT2D eigenvalue weighted by atomic mass is 14.9. The largest absolute Gasteiger partial charge is 0.307 e. The van der Waals surface area contributed by atoms with E-state index in [0.717, 1.165) is 6.54 Å². The molecule has 0 heterocycles. The fraction of sp³-hybridized carbons (Fsp3) is 0.143. The highest BCUT2D eigenvalue weighted by Gasteiger charge is 2.01. The van der Waals surface area contributed by atoms with E-state index in [1.807, 2.05) is 0 Å². The summed E-state index contributed by atoms with van der Waals surface area (Å²) in [6.45, 7) is 3.06. The van der Waals surface area contributed by atoms with Crippen LogP contribution in [0.3, 0.4) is 0 Å². The quantitative estimate of drug-likeness (QED) is 0.679. The first-order valence-corrected chi connectivity index (χ1v) is 7.77. The van der Waals surface area contributed by atoms with Crippen molar-refractivity contribution in [1.29, 1.82) is 0 Å². The van der Waals surface area contributed by atoms with Crippen LogP contribution in [0.25, 0.3) is 16.8 Å². The molecule has 3 rings (SSSR count). The van der Waals surface area contributed by atoms with Crippen LogP contribution in [0.1, 0.15) is 24.1 Å². The van der Waals surface area contributed by atoms with E-state index in [-0.39, 0.29) is 0 Å². The smallest absolute Gasteiger partial charge is 0.0294 e. The summed E-state index contributed by atoms with van der Waals surface area (Å²) in [5, 5.41) is 6.12. The minimum atomic E-state index is 0.360. The summed E-state index contributed by atoms with van der Waals surface area (Å²) in [5.41, 5.74) is 2.59. The van der Waals surface area contributed by atoms with Gasteiger partial charge in [0.2, 0.25) is 0 Å². The third-order valence-corrected chi connectivity index (χ3v) is 3.96. The second kappa shape index (κ2) is 7.06. The Balaban J connectivity index is 1.65. The molecule has 0 unspecified atom stereocenters. The predicted octanol–water partition coefficient (Wildman–Crippen LogP) is 5.20. The predicted molar refractivity (Wildman–Crippen MR) is 95.8 cm³/mol. The topological polar surface area (TPSA) is 12.0 Å². The van der Waals surface area contributed by atoms with Crippen molar-refractivity contribution in [2.24, 2.45) is 0 Å². The molecule has 1 atom stereocenters. The molecule has 0 aliphatic rings. The molecular weight excluding hydrogens is 266 g/mol. The maximum atomic E-state index is 3.53. The Kier molecular flexibility index (Phi) is 4.67. The van der Waals surface area contributed by atoms with Crippen molar-refractivity contribution in [3.05, 3.63) is 90.0 Å². The van der Waals surface area contributed by atoms with Gasteiger partial charge >= 0.3 is 0 Å². The van der Waals surface area contributed by atoms with E-state index in [2.05, 4.69) is 97.2 Å². The summed E-state index contributed by atoms with van der Waals surface area (Å²) in [7, 11) is 0. The highest BCUT2D eigenvalue weighted by molar-refractivity contribution is 5.90. The van der Waals surface area contributed by atoms with Gasteiger partial charge in [-0.25, -0.2) is 0 Å². The summed E-state index contributed by atoms with van der Waals surface area (Å²) < 4.78 is 0. The molecule has 1 nitrogen and oxygen atoms in total. The zero-order valence-corrected chi connectivity index (χ0v) is 12.9. The van der Waals surface area contributed by atoms with Gasteiger partial charge in [0.25, 0.3) is 0 Å². The SMILES string of the molecule is C[C@@H](NCC=Cc1cccc2ccccc12)c1ccccc1. The molecule has 0 bridgehead atoms. The second-order valence-corrected chi connectivity index (χ2v) is 5.51. The first-order valence-electron chi connectivity index (χ1n) is 7.77. The molecule has 3 aromatic carbocycles. The zero-order chi connectivity index (χ0) is 15.2. The van der Waals surface area contributed by atoms with Crippen LogP contribution in [0.4, 0.5) is 0 Å². The third-order valence-electron chi connectivity index (χ3n) is 3.96. The molecule has 3 aromatic rings. The van der Waals surface area contributed by atoms with E-state index in [1.165, 1.54) is 21.9 Å². The molecule has 0 saturated heterocycles. The summed E-state index contributed by atoms with van der Waals surface area (Å²) in [5.74, 6) is 0. The van der Waals surface area contributed by atoms with Gasteiger partial charge in [0.05, 0.1) is 0 Å². The lowest BCUT2D eigenvalue weighted by atomic mass is 10.0. The van der Waals surface area contributed by atoms with E-state index in [4.69, 9.17) is 0 Å². The Morgan fingerprint density at radius 2 is 1.59 bits per heavy atom. The van der Waals surface area contributed by atoms with Crippen molar-refractivity contribution < 1.29 is 0 Å². The van der Waals surface area contributed by atoms with Crippen molar-refractivity contribution in [1.82, 2.24) is 5.32 Å². The lowest BCUT2D eigenvalue weighted by molar-refractivity contribution is 0.618. The van der Waals surface area contributed by atoms with Crippen LogP contribution in [0.15, 0.2) is 78.9 Å². The van der Waals surface area contributed by atoms with Gasteiger partial charge in [0.1, 0.15) is 0 Å².